The van der Waals surface area contributed by atoms with Crippen LogP contribution in [0.3, 0.4) is 0 Å². The summed E-state index contributed by atoms with van der Waals surface area (Å²) >= 11 is 0. The van der Waals surface area contributed by atoms with Crippen LogP contribution in [0.5, 0.6) is 0 Å². The minimum absolute atomic E-state index is 0.171. The Balaban J connectivity index is 1.78. The molecule has 2 aromatic rings. The molecule has 1 N–H and O–H groups in total. The predicted molar refractivity (Wildman–Crippen MR) is 111 cm³/mol. The second kappa shape index (κ2) is 8.09. The maximum absolute atomic E-state index is 13.0. The summed E-state index contributed by atoms with van der Waals surface area (Å²) in [5.41, 5.74) is 2.20. The molecule has 0 saturated carbocycles. The predicted octanol–water partition coefficient (Wildman–Crippen LogP) is 3.82. The first-order chi connectivity index (χ1) is 13.2. The highest BCUT2D eigenvalue weighted by Gasteiger charge is 2.30. The molecule has 152 valence electrons. The van der Waals surface area contributed by atoms with Gasteiger partial charge < -0.3 is 9.88 Å². The fourth-order valence-electron chi connectivity index (χ4n) is 3.56. The summed E-state index contributed by atoms with van der Waals surface area (Å²) in [6.45, 7) is 7.35. The van der Waals surface area contributed by atoms with Crippen molar-refractivity contribution in [3.05, 3.63) is 47.8 Å². The van der Waals surface area contributed by atoms with Crippen LogP contribution in [0.2, 0.25) is 0 Å². The van der Waals surface area contributed by atoms with Crippen LogP contribution in [0.4, 0.5) is 5.69 Å². The highest BCUT2D eigenvalue weighted by atomic mass is 32.2. The van der Waals surface area contributed by atoms with Gasteiger partial charge in [-0.25, -0.2) is 8.42 Å². The molecule has 0 spiro atoms. The summed E-state index contributed by atoms with van der Waals surface area (Å²) in [7, 11) is -1.90. The van der Waals surface area contributed by atoms with E-state index in [1.54, 1.807) is 11.6 Å². The Morgan fingerprint density at radius 3 is 2.50 bits per heavy atom. The number of sulfonamides is 1. The number of hydrogen-bond donors (Lipinski definition) is 1. The topological polar surface area (TPSA) is 71.4 Å². The van der Waals surface area contributed by atoms with Crippen LogP contribution in [-0.2, 0) is 17.1 Å². The highest BCUT2D eigenvalue weighted by Crippen LogP contribution is 2.25. The number of nitrogens with zero attached hydrogens (tertiary/aromatic N) is 2. The van der Waals surface area contributed by atoms with Crippen LogP contribution in [-0.4, -0.2) is 36.3 Å². The maximum atomic E-state index is 13.0. The van der Waals surface area contributed by atoms with E-state index < -0.39 is 10.0 Å². The summed E-state index contributed by atoms with van der Waals surface area (Å²) < 4.78 is 29.0. The number of aromatic nitrogens is 1. The van der Waals surface area contributed by atoms with E-state index in [1.165, 1.54) is 22.1 Å². The minimum Gasteiger partial charge on any atom is -0.345 e. The van der Waals surface area contributed by atoms with Crippen LogP contribution in [0.15, 0.2) is 41.4 Å². The van der Waals surface area contributed by atoms with Crippen molar-refractivity contribution in [2.45, 2.75) is 44.4 Å². The van der Waals surface area contributed by atoms with Gasteiger partial charge in [0, 0.05) is 32.0 Å². The third kappa shape index (κ3) is 4.31. The lowest BCUT2D eigenvalue weighted by molar-refractivity contribution is 0.101. The number of benzene rings is 1. The number of hydrogen-bond acceptors (Lipinski definition) is 3. The molecule has 2 heterocycles. The standard InChI is InChI=1S/C21H29N3O3S/c1-15(2)17-7-9-18(10-8-17)22-21(25)20-12-19(14-23(20)4)28(26,27)24-11-5-6-16(3)13-24/h7-10,12,14-16H,5-6,11,13H2,1-4H3,(H,22,25)/t16-/m0/s1. The molecule has 1 aliphatic heterocycles. The molecule has 1 aliphatic rings. The SMILES string of the molecule is CC(C)c1ccc(NC(=O)c2cc(S(=O)(=O)N3CCC[C@H](C)C3)cn2C)cc1. The van der Waals surface area contributed by atoms with E-state index in [2.05, 4.69) is 26.1 Å². The van der Waals surface area contributed by atoms with Gasteiger partial charge in [-0.05, 0) is 48.4 Å². The fourth-order valence-corrected chi connectivity index (χ4v) is 5.23. The summed E-state index contributed by atoms with van der Waals surface area (Å²) in [5, 5.41) is 2.85. The van der Waals surface area contributed by atoms with Crippen LogP contribution < -0.4 is 5.32 Å². The molecule has 1 atom stereocenters. The number of carbonyl (C=O) groups is 1. The average Bonchev–Trinajstić information content (AvgIpc) is 3.05. The summed E-state index contributed by atoms with van der Waals surface area (Å²) in [6, 6.07) is 9.16. The lowest BCUT2D eigenvalue weighted by atomic mass is 10.0. The number of aryl methyl sites for hydroxylation is 1. The molecule has 0 radical (unpaired) electrons. The molecular formula is C21H29N3O3S. The number of amides is 1. The van der Waals surface area contributed by atoms with E-state index in [9.17, 15) is 13.2 Å². The Morgan fingerprint density at radius 2 is 1.89 bits per heavy atom. The Labute approximate surface area is 167 Å². The molecule has 1 aromatic heterocycles. The van der Waals surface area contributed by atoms with E-state index in [4.69, 9.17) is 0 Å². The second-order valence-electron chi connectivity index (χ2n) is 8.01. The fraction of sp³-hybridized carbons (Fsp3) is 0.476. The van der Waals surface area contributed by atoms with Crippen molar-refractivity contribution in [3.8, 4) is 0 Å². The average molecular weight is 404 g/mol. The Kier molecular flexibility index (Phi) is 5.95. The molecule has 7 heteroatoms. The largest absolute Gasteiger partial charge is 0.345 e. The van der Waals surface area contributed by atoms with Gasteiger partial charge in [-0.3, -0.25) is 4.79 Å². The zero-order valence-electron chi connectivity index (χ0n) is 17.0. The van der Waals surface area contributed by atoms with Crippen LogP contribution in [0.25, 0.3) is 0 Å². The van der Waals surface area contributed by atoms with Gasteiger partial charge in [-0.2, -0.15) is 4.31 Å². The summed E-state index contributed by atoms with van der Waals surface area (Å²) in [5.74, 6) is 0.444. The van der Waals surface area contributed by atoms with Crippen LogP contribution in [0.1, 0.15) is 55.6 Å². The zero-order chi connectivity index (χ0) is 20.5. The first kappa shape index (κ1) is 20.6. The van der Waals surface area contributed by atoms with Crippen molar-refractivity contribution in [2.75, 3.05) is 18.4 Å². The van der Waals surface area contributed by atoms with E-state index >= 15 is 0 Å². The smallest absolute Gasteiger partial charge is 0.272 e. The van der Waals surface area contributed by atoms with Gasteiger partial charge in [0.25, 0.3) is 5.91 Å². The molecule has 0 aliphatic carbocycles. The van der Waals surface area contributed by atoms with E-state index in [1.807, 2.05) is 24.3 Å². The number of piperidine rings is 1. The van der Waals surface area contributed by atoms with Crippen molar-refractivity contribution in [1.29, 1.82) is 0 Å². The monoisotopic (exact) mass is 403 g/mol. The van der Waals surface area contributed by atoms with Crippen molar-refractivity contribution in [1.82, 2.24) is 8.87 Å². The van der Waals surface area contributed by atoms with Crippen LogP contribution >= 0.6 is 0 Å². The maximum Gasteiger partial charge on any atom is 0.272 e. The Bertz CT molecular complexity index is 946. The molecule has 1 aromatic carbocycles. The van der Waals surface area contributed by atoms with Gasteiger partial charge in [0.05, 0.1) is 0 Å². The number of nitrogens with one attached hydrogen (secondary N) is 1. The number of anilines is 1. The summed E-state index contributed by atoms with van der Waals surface area (Å²) in [6.07, 6.45) is 3.43. The first-order valence-corrected chi connectivity index (χ1v) is 11.2. The van der Waals surface area contributed by atoms with Gasteiger partial charge >= 0.3 is 0 Å². The second-order valence-corrected chi connectivity index (χ2v) is 9.95. The van der Waals surface area contributed by atoms with Gasteiger partial charge in [0.1, 0.15) is 10.6 Å². The molecule has 1 saturated heterocycles. The normalized spacial score (nSPS) is 18.4. The van der Waals surface area contributed by atoms with Gasteiger partial charge in [-0.1, -0.05) is 32.9 Å². The van der Waals surface area contributed by atoms with Crippen LogP contribution in [0, 0.1) is 5.92 Å². The molecule has 0 bridgehead atoms. The van der Waals surface area contributed by atoms with Crippen molar-refractivity contribution in [2.24, 2.45) is 13.0 Å². The first-order valence-electron chi connectivity index (χ1n) is 9.76. The third-order valence-corrected chi connectivity index (χ3v) is 7.14. The minimum atomic E-state index is -3.59. The Morgan fingerprint density at radius 1 is 1.21 bits per heavy atom. The lowest BCUT2D eigenvalue weighted by Gasteiger charge is -2.29. The van der Waals surface area contributed by atoms with Gasteiger partial charge in [0.2, 0.25) is 10.0 Å². The van der Waals surface area contributed by atoms with Gasteiger partial charge in [-0.15, -0.1) is 0 Å². The molecule has 6 nitrogen and oxygen atoms in total. The third-order valence-electron chi connectivity index (χ3n) is 5.31. The van der Waals surface area contributed by atoms with Crippen molar-refractivity contribution in [3.63, 3.8) is 0 Å². The van der Waals surface area contributed by atoms with Gasteiger partial charge in [0.15, 0.2) is 0 Å². The quantitative estimate of drug-likeness (QED) is 0.825. The van der Waals surface area contributed by atoms with Crippen molar-refractivity contribution >= 4 is 21.6 Å². The molecule has 28 heavy (non-hydrogen) atoms. The van der Waals surface area contributed by atoms with E-state index in [0.717, 1.165) is 12.8 Å². The Hall–Kier alpha value is -2.12. The number of rotatable bonds is 5. The van der Waals surface area contributed by atoms with Crippen molar-refractivity contribution < 1.29 is 13.2 Å². The lowest BCUT2D eigenvalue weighted by Crippen LogP contribution is -2.38. The molecule has 3 rings (SSSR count). The zero-order valence-corrected chi connectivity index (χ0v) is 17.8. The molecule has 1 fully saturated rings. The molecule has 0 unspecified atom stereocenters. The summed E-state index contributed by atoms with van der Waals surface area (Å²) in [4.78, 5) is 12.9. The van der Waals surface area contributed by atoms with E-state index in [0.29, 0.717) is 36.3 Å². The highest BCUT2D eigenvalue weighted by molar-refractivity contribution is 7.89. The number of carbonyl (C=O) groups excluding carboxylic acids is 1. The molecular weight excluding hydrogens is 374 g/mol. The van der Waals surface area contributed by atoms with E-state index in [-0.39, 0.29) is 10.8 Å². The molecule has 1 amide bonds.